The number of nitrogens with two attached hydrogens (primary N) is 1. The van der Waals surface area contributed by atoms with Crippen LogP contribution in [-0.2, 0) is 19.7 Å². The third kappa shape index (κ3) is 2.95. The van der Waals surface area contributed by atoms with Crippen LogP contribution < -0.4 is 5.73 Å². The van der Waals surface area contributed by atoms with Crippen molar-refractivity contribution in [2.24, 2.45) is 5.73 Å². The molecule has 1 aliphatic carbocycles. The van der Waals surface area contributed by atoms with E-state index in [0.29, 0.717) is 13.2 Å². The second kappa shape index (κ2) is 6.28. The summed E-state index contributed by atoms with van der Waals surface area (Å²) in [5.74, 6) is -0.865. The molecule has 1 aromatic rings. The predicted octanol–water partition coefficient (Wildman–Crippen LogP) is 1.35. The van der Waals surface area contributed by atoms with Gasteiger partial charge in [-0.2, -0.15) is 0 Å². The number of morpholine rings is 1. The van der Waals surface area contributed by atoms with Gasteiger partial charge in [-0.1, -0.05) is 25.0 Å². The molecule has 1 atom stereocenters. The molecule has 5 nitrogen and oxygen atoms in total. The summed E-state index contributed by atoms with van der Waals surface area (Å²) in [6.45, 7) is 0.946. The van der Waals surface area contributed by atoms with Gasteiger partial charge in [-0.25, -0.2) is 4.39 Å². The van der Waals surface area contributed by atoms with Crippen molar-refractivity contribution in [2.45, 2.75) is 37.2 Å². The Morgan fingerprint density at radius 2 is 1.87 bits per heavy atom. The fraction of sp³-hybridized carbons (Fsp3) is 0.529. The number of halogens is 1. The predicted molar refractivity (Wildman–Crippen MR) is 82.1 cm³/mol. The third-order valence-corrected chi connectivity index (χ3v) is 4.93. The zero-order chi connectivity index (χ0) is 16.4. The van der Waals surface area contributed by atoms with E-state index in [1.807, 2.05) is 0 Å². The fourth-order valence-electron chi connectivity index (χ4n) is 3.68. The van der Waals surface area contributed by atoms with Gasteiger partial charge in [0.05, 0.1) is 18.6 Å². The minimum atomic E-state index is -0.751. The van der Waals surface area contributed by atoms with Crippen LogP contribution in [0.3, 0.4) is 0 Å². The number of hydrogen-bond donors (Lipinski definition) is 1. The van der Waals surface area contributed by atoms with Crippen LogP contribution in [0.2, 0.25) is 0 Å². The Labute approximate surface area is 134 Å². The normalized spacial score (nSPS) is 23.7. The Kier molecular flexibility index (Phi) is 4.35. The van der Waals surface area contributed by atoms with Crippen molar-refractivity contribution in [3.05, 3.63) is 35.6 Å². The van der Waals surface area contributed by atoms with E-state index in [-0.39, 0.29) is 18.3 Å². The summed E-state index contributed by atoms with van der Waals surface area (Å²) in [4.78, 5) is 26.2. The van der Waals surface area contributed by atoms with Gasteiger partial charge >= 0.3 is 0 Å². The quantitative estimate of drug-likeness (QED) is 0.914. The van der Waals surface area contributed by atoms with Crippen LogP contribution in [0.25, 0.3) is 0 Å². The first-order chi connectivity index (χ1) is 11.0. The fourth-order valence-corrected chi connectivity index (χ4v) is 3.68. The molecular weight excluding hydrogens is 299 g/mol. The van der Waals surface area contributed by atoms with E-state index in [2.05, 4.69) is 0 Å². The van der Waals surface area contributed by atoms with Gasteiger partial charge in [0.2, 0.25) is 11.8 Å². The monoisotopic (exact) mass is 320 g/mol. The molecule has 1 unspecified atom stereocenters. The van der Waals surface area contributed by atoms with Crippen molar-refractivity contribution >= 4 is 11.8 Å². The molecule has 0 bridgehead atoms. The molecule has 0 radical (unpaired) electrons. The molecule has 124 valence electrons. The Morgan fingerprint density at radius 3 is 2.48 bits per heavy atom. The molecule has 2 amide bonds. The van der Waals surface area contributed by atoms with Gasteiger partial charge in [0.15, 0.2) is 6.10 Å². The number of hydrogen-bond acceptors (Lipinski definition) is 3. The molecule has 1 heterocycles. The number of ether oxygens (including phenoxy) is 1. The molecule has 1 aliphatic heterocycles. The zero-order valence-electron chi connectivity index (χ0n) is 13.0. The zero-order valence-corrected chi connectivity index (χ0v) is 13.0. The highest BCUT2D eigenvalue weighted by Gasteiger charge is 2.46. The molecule has 23 heavy (non-hydrogen) atoms. The van der Waals surface area contributed by atoms with Crippen LogP contribution in [0.4, 0.5) is 4.39 Å². The maximum Gasteiger partial charge on any atom is 0.248 e. The number of rotatable bonds is 3. The topological polar surface area (TPSA) is 72.6 Å². The van der Waals surface area contributed by atoms with E-state index in [1.165, 1.54) is 12.1 Å². The summed E-state index contributed by atoms with van der Waals surface area (Å²) >= 11 is 0. The van der Waals surface area contributed by atoms with Crippen LogP contribution in [0.1, 0.15) is 31.2 Å². The van der Waals surface area contributed by atoms with E-state index in [4.69, 9.17) is 10.5 Å². The molecule has 2 aliphatic rings. The Balaban J connectivity index is 1.87. The average molecular weight is 320 g/mol. The van der Waals surface area contributed by atoms with E-state index in [1.54, 1.807) is 17.0 Å². The highest BCUT2D eigenvalue weighted by Crippen LogP contribution is 2.43. The second-order valence-corrected chi connectivity index (χ2v) is 6.31. The third-order valence-electron chi connectivity index (χ3n) is 4.93. The van der Waals surface area contributed by atoms with Gasteiger partial charge in [-0.05, 0) is 30.5 Å². The molecular formula is C17H21FN2O3. The molecule has 0 aromatic heterocycles. The first-order valence-corrected chi connectivity index (χ1v) is 7.99. The van der Waals surface area contributed by atoms with Gasteiger partial charge < -0.3 is 15.4 Å². The van der Waals surface area contributed by atoms with Crippen molar-refractivity contribution in [3.8, 4) is 0 Å². The maximum atomic E-state index is 13.2. The molecule has 1 aromatic carbocycles. The Hall–Kier alpha value is -1.95. The molecule has 3 rings (SSSR count). The van der Waals surface area contributed by atoms with Crippen LogP contribution in [0.15, 0.2) is 24.3 Å². The number of primary amides is 1. The lowest BCUT2D eigenvalue weighted by Crippen LogP contribution is -2.55. The van der Waals surface area contributed by atoms with E-state index >= 15 is 0 Å². The maximum absolute atomic E-state index is 13.2. The van der Waals surface area contributed by atoms with Crippen molar-refractivity contribution < 1.29 is 18.7 Å². The minimum Gasteiger partial charge on any atom is -0.367 e. The van der Waals surface area contributed by atoms with E-state index in [9.17, 15) is 14.0 Å². The lowest BCUT2D eigenvalue weighted by molar-refractivity contribution is -0.149. The lowest BCUT2D eigenvalue weighted by Gasteiger charge is -2.38. The summed E-state index contributed by atoms with van der Waals surface area (Å²) in [5.41, 5.74) is 5.53. The molecule has 1 saturated carbocycles. The molecule has 0 spiro atoms. The van der Waals surface area contributed by atoms with Crippen LogP contribution in [0.5, 0.6) is 0 Å². The highest BCUT2D eigenvalue weighted by atomic mass is 19.1. The number of carbonyl (C=O) groups is 2. The summed E-state index contributed by atoms with van der Waals surface area (Å²) in [5, 5.41) is 0. The van der Waals surface area contributed by atoms with Gasteiger partial charge in [0.25, 0.3) is 0 Å². The Morgan fingerprint density at radius 1 is 1.22 bits per heavy atom. The molecule has 6 heteroatoms. The van der Waals surface area contributed by atoms with Crippen LogP contribution >= 0.6 is 0 Å². The number of amides is 2. The second-order valence-electron chi connectivity index (χ2n) is 6.31. The van der Waals surface area contributed by atoms with Crippen LogP contribution in [-0.4, -0.2) is 42.5 Å². The summed E-state index contributed by atoms with van der Waals surface area (Å²) < 4.78 is 18.5. The van der Waals surface area contributed by atoms with E-state index in [0.717, 1.165) is 31.2 Å². The highest BCUT2D eigenvalue weighted by molar-refractivity contribution is 5.89. The molecule has 2 N–H and O–H groups in total. The number of carbonyl (C=O) groups excluding carboxylic acids is 2. The standard InChI is InChI=1S/C17H21FN2O3/c18-13-5-3-12(4-6-13)17(7-1-2-8-17)16(22)20-9-10-23-14(11-20)15(19)21/h3-6,14H,1-2,7-11H2,(H2,19,21). The van der Waals surface area contributed by atoms with Crippen molar-refractivity contribution in [1.29, 1.82) is 0 Å². The van der Waals surface area contributed by atoms with Crippen LogP contribution in [0, 0.1) is 5.82 Å². The number of benzene rings is 1. The van der Waals surface area contributed by atoms with Gasteiger partial charge in [-0.15, -0.1) is 0 Å². The van der Waals surface area contributed by atoms with Crippen molar-refractivity contribution in [3.63, 3.8) is 0 Å². The first-order valence-electron chi connectivity index (χ1n) is 7.99. The Bertz CT molecular complexity index is 596. The smallest absolute Gasteiger partial charge is 0.248 e. The summed E-state index contributed by atoms with van der Waals surface area (Å²) in [6, 6.07) is 6.19. The molecule has 1 saturated heterocycles. The molecule has 2 fully saturated rings. The first kappa shape index (κ1) is 15.9. The minimum absolute atomic E-state index is 0.00356. The average Bonchev–Trinajstić information content (AvgIpc) is 3.06. The van der Waals surface area contributed by atoms with Gasteiger partial charge in [0, 0.05) is 6.54 Å². The number of nitrogens with zero attached hydrogens (tertiary/aromatic N) is 1. The van der Waals surface area contributed by atoms with Gasteiger partial charge in [-0.3, -0.25) is 9.59 Å². The largest absolute Gasteiger partial charge is 0.367 e. The van der Waals surface area contributed by atoms with Crippen molar-refractivity contribution in [1.82, 2.24) is 4.90 Å². The van der Waals surface area contributed by atoms with E-state index < -0.39 is 17.4 Å². The lowest BCUT2D eigenvalue weighted by atomic mass is 9.77. The SMILES string of the molecule is NC(=O)C1CN(C(=O)C2(c3ccc(F)cc3)CCCC2)CCO1. The summed E-state index contributed by atoms with van der Waals surface area (Å²) in [7, 11) is 0. The van der Waals surface area contributed by atoms with Crippen molar-refractivity contribution in [2.75, 3.05) is 19.7 Å². The van der Waals surface area contributed by atoms with Gasteiger partial charge in [0.1, 0.15) is 5.82 Å². The summed E-state index contributed by atoms with van der Waals surface area (Å²) in [6.07, 6.45) is 2.67.